The number of carbonyl (C=O) groups is 1. The molecule has 0 fully saturated rings. The van der Waals surface area contributed by atoms with E-state index in [0.29, 0.717) is 6.61 Å². The van der Waals surface area contributed by atoms with Gasteiger partial charge in [0, 0.05) is 6.08 Å². The van der Waals surface area contributed by atoms with E-state index in [1.54, 1.807) is 0 Å². The first-order valence-electron chi connectivity index (χ1n) is 6.55. The van der Waals surface area contributed by atoms with Crippen LogP contribution in [0.1, 0.15) is 37.5 Å². The van der Waals surface area contributed by atoms with Crippen molar-refractivity contribution in [3.8, 4) is 5.75 Å². The number of hydrogen-bond acceptors (Lipinski definition) is 2. The minimum Gasteiger partial charge on any atom is -0.494 e. The van der Waals surface area contributed by atoms with Crippen LogP contribution in [-0.2, 0) is 4.79 Å². The number of carboxylic acid groups (broad SMARTS) is 1. The maximum Gasteiger partial charge on any atom is 0.328 e. The Labute approximate surface area is 114 Å². The molecule has 1 aromatic rings. The predicted molar refractivity (Wildman–Crippen MR) is 77.5 cm³/mol. The monoisotopic (exact) mass is 262 g/mol. The van der Waals surface area contributed by atoms with Crippen molar-refractivity contribution in [2.45, 2.75) is 34.6 Å². The predicted octanol–water partition coefficient (Wildman–Crippen LogP) is 3.83. The Morgan fingerprint density at radius 1 is 1.32 bits per heavy atom. The Bertz CT molecular complexity index is 499. The number of ether oxygens (including phenoxy) is 1. The first kappa shape index (κ1) is 15.3. The second-order valence-corrected chi connectivity index (χ2v) is 4.96. The first-order chi connectivity index (χ1) is 8.86. The number of benzene rings is 1. The average molecular weight is 262 g/mol. The van der Waals surface area contributed by atoms with Gasteiger partial charge in [-0.05, 0) is 61.1 Å². The number of carboxylic acids is 1. The van der Waals surface area contributed by atoms with Crippen LogP contribution in [-0.4, -0.2) is 17.7 Å². The third-order valence-corrected chi connectivity index (χ3v) is 3.03. The molecule has 19 heavy (non-hydrogen) atoms. The number of rotatable bonds is 5. The van der Waals surface area contributed by atoms with Gasteiger partial charge in [0.05, 0.1) is 6.61 Å². The normalized spacial score (nSPS) is 11.8. The standard InChI is InChI=1S/C16H22O3/c1-6-19-15-8-11(4)14(7-12(15)5)13(10(2)3)9-16(17)18/h7-10H,6H2,1-5H3,(H,17,18)/b13-9+. The fourth-order valence-corrected chi connectivity index (χ4v) is 2.10. The van der Waals surface area contributed by atoms with Gasteiger partial charge in [-0.1, -0.05) is 13.8 Å². The molecule has 104 valence electrons. The SMILES string of the molecule is CCOc1cc(C)c(/C(=C/C(=O)O)C(C)C)cc1C. The molecular formula is C16H22O3. The van der Waals surface area contributed by atoms with Crippen molar-refractivity contribution < 1.29 is 14.6 Å². The molecule has 0 aliphatic heterocycles. The van der Waals surface area contributed by atoms with E-state index in [9.17, 15) is 4.79 Å². The van der Waals surface area contributed by atoms with E-state index in [0.717, 1.165) is 28.0 Å². The molecule has 0 atom stereocenters. The Morgan fingerprint density at radius 2 is 1.95 bits per heavy atom. The van der Waals surface area contributed by atoms with Gasteiger partial charge in [0.2, 0.25) is 0 Å². The number of aryl methyl sites for hydroxylation is 2. The highest BCUT2D eigenvalue weighted by Crippen LogP contribution is 2.31. The Hall–Kier alpha value is -1.77. The third kappa shape index (κ3) is 3.85. The van der Waals surface area contributed by atoms with Crippen LogP contribution in [0, 0.1) is 19.8 Å². The van der Waals surface area contributed by atoms with Crippen LogP contribution in [0.2, 0.25) is 0 Å². The zero-order chi connectivity index (χ0) is 14.6. The highest BCUT2D eigenvalue weighted by atomic mass is 16.5. The average Bonchev–Trinajstić information content (AvgIpc) is 2.30. The van der Waals surface area contributed by atoms with Gasteiger partial charge < -0.3 is 9.84 Å². The van der Waals surface area contributed by atoms with Crippen molar-refractivity contribution >= 4 is 11.5 Å². The first-order valence-corrected chi connectivity index (χ1v) is 6.55. The fourth-order valence-electron chi connectivity index (χ4n) is 2.10. The molecule has 1 N–H and O–H groups in total. The molecule has 0 saturated carbocycles. The fraction of sp³-hybridized carbons (Fsp3) is 0.438. The number of allylic oxidation sites excluding steroid dienone is 1. The molecule has 0 aliphatic rings. The summed E-state index contributed by atoms with van der Waals surface area (Å²) in [6.07, 6.45) is 1.30. The smallest absolute Gasteiger partial charge is 0.328 e. The van der Waals surface area contributed by atoms with Crippen LogP contribution in [0.25, 0.3) is 5.57 Å². The minimum absolute atomic E-state index is 0.159. The van der Waals surface area contributed by atoms with Gasteiger partial charge in [-0.15, -0.1) is 0 Å². The quantitative estimate of drug-likeness (QED) is 0.820. The van der Waals surface area contributed by atoms with E-state index in [1.807, 2.05) is 46.8 Å². The summed E-state index contributed by atoms with van der Waals surface area (Å²) in [5, 5.41) is 8.99. The molecule has 3 heteroatoms. The zero-order valence-corrected chi connectivity index (χ0v) is 12.3. The largest absolute Gasteiger partial charge is 0.494 e. The van der Waals surface area contributed by atoms with Crippen LogP contribution in [0.3, 0.4) is 0 Å². The van der Waals surface area contributed by atoms with Gasteiger partial charge in [0.25, 0.3) is 0 Å². The molecular weight excluding hydrogens is 240 g/mol. The summed E-state index contributed by atoms with van der Waals surface area (Å²) in [7, 11) is 0. The molecule has 3 nitrogen and oxygen atoms in total. The van der Waals surface area contributed by atoms with E-state index in [4.69, 9.17) is 9.84 Å². The molecule has 0 radical (unpaired) electrons. The summed E-state index contributed by atoms with van der Waals surface area (Å²) in [5.74, 6) is 0.115. The highest BCUT2D eigenvalue weighted by molar-refractivity contribution is 5.91. The van der Waals surface area contributed by atoms with Crippen LogP contribution < -0.4 is 4.74 Å². The van der Waals surface area contributed by atoms with Gasteiger partial charge in [-0.3, -0.25) is 0 Å². The lowest BCUT2D eigenvalue weighted by atomic mass is 9.90. The van der Waals surface area contributed by atoms with Gasteiger partial charge >= 0.3 is 5.97 Å². The van der Waals surface area contributed by atoms with E-state index in [2.05, 4.69) is 0 Å². The van der Waals surface area contributed by atoms with Crippen LogP contribution >= 0.6 is 0 Å². The molecule has 0 aliphatic carbocycles. The van der Waals surface area contributed by atoms with Crippen molar-refractivity contribution in [3.05, 3.63) is 34.9 Å². The summed E-state index contributed by atoms with van der Waals surface area (Å²) >= 11 is 0. The summed E-state index contributed by atoms with van der Waals surface area (Å²) < 4.78 is 5.56. The molecule has 1 rings (SSSR count). The van der Waals surface area contributed by atoms with Crippen LogP contribution in [0.4, 0.5) is 0 Å². The van der Waals surface area contributed by atoms with Crippen molar-refractivity contribution in [1.29, 1.82) is 0 Å². The lowest BCUT2D eigenvalue weighted by molar-refractivity contribution is -0.131. The minimum atomic E-state index is -0.908. The van der Waals surface area contributed by atoms with E-state index in [-0.39, 0.29) is 5.92 Å². The maximum absolute atomic E-state index is 11.0. The van der Waals surface area contributed by atoms with Crippen LogP contribution in [0.5, 0.6) is 5.75 Å². The summed E-state index contributed by atoms with van der Waals surface area (Å²) in [6.45, 7) is 10.5. The molecule has 0 unspecified atom stereocenters. The summed E-state index contributed by atoms with van der Waals surface area (Å²) in [6, 6.07) is 3.99. The van der Waals surface area contributed by atoms with E-state index in [1.165, 1.54) is 6.08 Å². The number of hydrogen-bond donors (Lipinski definition) is 1. The zero-order valence-electron chi connectivity index (χ0n) is 12.3. The second kappa shape index (κ2) is 6.41. The van der Waals surface area contributed by atoms with E-state index >= 15 is 0 Å². The van der Waals surface area contributed by atoms with Gasteiger partial charge in [-0.25, -0.2) is 4.79 Å². The number of aliphatic carboxylic acids is 1. The van der Waals surface area contributed by atoms with Crippen LogP contribution in [0.15, 0.2) is 18.2 Å². The molecule has 0 amide bonds. The molecule has 0 saturated heterocycles. The third-order valence-electron chi connectivity index (χ3n) is 3.03. The van der Waals surface area contributed by atoms with Crippen molar-refractivity contribution in [1.82, 2.24) is 0 Å². The van der Waals surface area contributed by atoms with Gasteiger partial charge in [-0.2, -0.15) is 0 Å². The second-order valence-electron chi connectivity index (χ2n) is 4.96. The molecule has 1 aromatic carbocycles. The molecule has 0 heterocycles. The molecule has 0 aromatic heterocycles. The summed E-state index contributed by atoms with van der Waals surface area (Å²) in [4.78, 5) is 11.0. The van der Waals surface area contributed by atoms with Gasteiger partial charge in [0.15, 0.2) is 0 Å². The van der Waals surface area contributed by atoms with Crippen molar-refractivity contribution in [3.63, 3.8) is 0 Å². The Balaban J connectivity index is 3.33. The molecule has 0 spiro atoms. The van der Waals surface area contributed by atoms with Crippen molar-refractivity contribution in [2.24, 2.45) is 5.92 Å². The van der Waals surface area contributed by atoms with Crippen molar-refractivity contribution in [2.75, 3.05) is 6.61 Å². The topological polar surface area (TPSA) is 46.5 Å². The lowest BCUT2D eigenvalue weighted by Gasteiger charge is -2.17. The summed E-state index contributed by atoms with van der Waals surface area (Å²) in [5.41, 5.74) is 3.89. The Morgan fingerprint density at radius 3 is 2.42 bits per heavy atom. The van der Waals surface area contributed by atoms with E-state index < -0.39 is 5.97 Å². The van der Waals surface area contributed by atoms with Gasteiger partial charge in [0.1, 0.15) is 5.75 Å². The lowest BCUT2D eigenvalue weighted by Crippen LogP contribution is -2.03. The maximum atomic E-state index is 11.0. The highest BCUT2D eigenvalue weighted by Gasteiger charge is 2.13. The Kier molecular flexibility index (Phi) is 5.16. The molecule has 0 bridgehead atoms.